The molecule has 0 aromatic heterocycles. The topological polar surface area (TPSA) is 13.0 Å². The van der Waals surface area contributed by atoms with Crippen LogP contribution in [0.4, 0.5) is 0 Å². The summed E-state index contributed by atoms with van der Waals surface area (Å²) in [7, 11) is 2.38. The van der Waals surface area contributed by atoms with Gasteiger partial charge in [0.15, 0.2) is 0 Å². The molecule has 4 heteroatoms. The van der Waals surface area contributed by atoms with E-state index >= 15 is 0 Å². The lowest BCUT2D eigenvalue weighted by Gasteiger charge is -2.37. The van der Waals surface area contributed by atoms with Gasteiger partial charge in [0.2, 0.25) is 0 Å². The third-order valence-corrected chi connectivity index (χ3v) is 9.69. The van der Waals surface area contributed by atoms with Gasteiger partial charge in [-0.3, -0.25) is 14.7 Å². The summed E-state index contributed by atoms with van der Waals surface area (Å²) in [6, 6.07) is 0. The largest absolute Gasteiger partial charge is 0.361 e. The Kier molecular flexibility index (Phi) is 11.1. The molecule has 4 fully saturated rings. The Morgan fingerprint density at radius 1 is 0.588 bits per heavy atom. The van der Waals surface area contributed by atoms with Crippen LogP contribution in [-0.2, 0) is 0 Å². The van der Waals surface area contributed by atoms with Crippen molar-refractivity contribution in [2.75, 3.05) is 46.3 Å². The zero-order valence-electron chi connectivity index (χ0n) is 22.6. The van der Waals surface area contributed by atoms with Crippen LogP contribution in [0.2, 0.25) is 0 Å². The predicted octanol–water partition coefficient (Wildman–Crippen LogP) is 6.54. The fourth-order valence-corrected chi connectivity index (χ4v) is 7.84. The van der Waals surface area contributed by atoms with Crippen molar-refractivity contribution in [3.05, 3.63) is 12.8 Å². The molecule has 0 aromatic carbocycles. The highest BCUT2D eigenvalue weighted by Crippen LogP contribution is 2.33. The summed E-state index contributed by atoms with van der Waals surface area (Å²) in [5.74, 6) is 1.78. The van der Waals surface area contributed by atoms with Crippen LogP contribution in [0.15, 0.2) is 12.8 Å². The smallest absolute Gasteiger partial charge is 0.0844 e. The number of hydrogen-bond acceptors (Lipinski definition) is 4. The number of rotatable bonds is 10. The van der Waals surface area contributed by atoms with E-state index in [1.165, 1.54) is 148 Å². The summed E-state index contributed by atoms with van der Waals surface area (Å²) in [4.78, 5) is 10.9. The van der Waals surface area contributed by atoms with Crippen molar-refractivity contribution in [3.63, 3.8) is 0 Å². The van der Waals surface area contributed by atoms with Crippen LogP contribution in [0.3, 0.4) is 0 Å². The molecular formula is C30H56N4. The Morgan fingerprint density at radius 3 is 1.62 bits per heavy atom. The molecule has 4 nitrogen and oxygen atoms in total. The first-order chi connectivity index (χ1) is 16.8. The molecule has 0 amide bonds. The third kappa shape index (κ3) is 7.23. The van der Waals surface area contributed by atoms with Gasteiger partial charge < -0.3 is 4.90 Å². The normalized spacial score (nSPS) is 29.9. The van der Waals surface area contributed by atoms with Gasteiger partial charge in [-0.2, -0.15) is 0 Å². The van der Waals surface area contributed by atoms with E-state index in [9.17, 15) is 0 Å². The summed E-state index contributed by atoms with van der Waals surface area (Å²) < 4.78 is 0. The Morgan fingerprint density at radius 2 is 1.06 bits per heavy atom. The van der Waals surface area contributed by atoms with Crippen molar-refractivity contribution in [3.8, 4) is 0 Å². The summed E-state index contributed by atoms with van der Waals surface area (Å²) in [5.41, 5.74) is 0. The second-order valence-corrected chi connectivity index (χ2v) is 12.1. The predicted molar refractivity (Wildman–Crippen MR) is 146 cm³/mol. The maximum absolute atomic E-state index is 4.16. The van der Waals surface area contributed by atoms with Crippen molar-refractivity contribution in [2.24, 2.45) is 11.8 Å². The van der Waals surface area contributed by atoms with Crippen LogP contribution >= 0.6 is 0 Å². The lowest BCUT2D eigenvalue weighted by Crippen LogP contribution is -2.43. The summed E-state index contributed by atoms with van der Waals surface area (Å²) in [6.07, 6.45) is 28.0. The molecule has 0 N–H and O–H groups in total. The van der Waals surface area contributed by atoms with Gasteiger partial charge in [0.25, 0.3) is 0 Å². The van der Waals surface area contributed by atoms with Gasteiger partial charge in [0, 0.05) is 32.7 Å². The number of likely N-dealkylation sites (N-methyl/N-ethyl adjacent to an activating group) is 1. The van der Waals surface area contributed by atoms with Crippen molar-refractivity contribution < 1.29 is 0 Å². The first-order valence-corrected chi connectivity index (χ1v) is 15.3. The van der Waals surface area contributed by atoms with E-state index in [1.807, 2.05) is 0 Å². The molecule has 4 rings (SSSR count). The summed E-state index contributed by atoms with van der Waals surface area (Å²) in [6.45, 7) is 11.8. The Balaban J connectivity index is 1.17. The third-order valence-electron chi connectivity index (χ3n) is 9.69. The molecule has 0 aromatic rings. The average molecular weight is 473 g/mol. The lowest BCUT2D eigenvalue weighted by atomic mass is 9.88. The minimum Gasteiger partial charge on any atom is -0.361 e. The quantitative estimate of drug-likeness (QED) is 0.264. The molecule has 0 spiro atoms. The molecule has 2 aliphatic heterocycles. The number of nitrogens with zero attached hydrogens (tertiary/aromatic N) is 4. The van der Waals surface area contributed by atoms with Crippen molar-refractivity contribution in [1.29, 1.82) is 0 Å². The highest BCUT2D eigenvalue weighted by atomic mass is 15.4. The van der Waals surface area contributed by atoms with Crippen LogP contribution in [0, 0.1) is 11.8 Å². The molecular weight excluding hydrogens is 416 g/mol. The number of unbranched alkanes of at least 4 members (excludes halogenated alkanes) is 3. The highest BCUT2D eigenvalue weighted by molar-refractivity contribution is 4.92. The van der Waals surface area contributed by atoms with Crippen LogP contribution in [0.1, 0.15) is 109 Å². The average Bonchev–Trinajstić information content (AvgIpc) is 3.28. The van der Waals surface area contributed by atoms with Crippen molar-refractivity contribution >= 4 is 0 Å². The van der Waals surface area contributed by atoms with Gasteiger partial charge in [0.1, 0.15) is 0 Å². The zero-order chi connectivity index (χ0) is 23.6. The van der Waals surface area contributed by atoms with E-state index in [4.69, 9.17) is 0 Å². The Labute approximate surface area is 212 Å². The summed E-state index contributed by atoms with van der Waals surface area (Å²) in [5, 5.41) is 0. The van der Waals surface area contributed by atoms with Gasteiger partial charge in [-0.1, -0.05) is 77.2 Å². The van der Waals surface area contributed by atoms with E-state index in [0.29, 0.717) is 6.17 Å². The summed E-state index contributed by atoms with van der Waals surface area (Å²) >= 11 is 0. The molecule has 2 saturated carbocycles. The molecule has 2 aliphatic carbocycles. The van der Waals surface area contributed by atoms with Gasteiger partial charge in [-0.15, -0.1) is 0 Å². The SMILES string of the molecule is C=CN1CCN(CCCCCCN2CCN(C)C2C2CCCCCC2)C1C1CCCCCCC1. The molecule has 196 valence electrons. The van der Waals surface area contributed by atoms with E-state index in [0.717, 1.165) is 18.0 Å². The van der Waals surface area contributed by atoms with Gasteiger partial charge >= 0.3 is 0 Å². The Bertz CT molecular complexity index is 564. The van der Waals surface area contributed by atoms with E-state index in [2.05, 4.69) is 39.4 Å². The molecule has 0 radical (unpaired) electrons. The van der Waals surface area contributed by atoms with Crippen molar-refractivity contribution in [1.82, 2.24) is 19.6 Å². The van der Waals surface area contributed by atoms with Crippen molar-refractivity contribution in [2.45, 2.75) is 121 Å². The molecule has 0 bridgehead atoms. The fraction of sp³-hybridized carbons (Fsp3) is 0.933. The first kappa shape index (κ1) is 26.5. The van der Waals surface area contributed by atoms with E-state index in [-0.39, 0.29) is 0 Å². The fourth-order valence-electron chi connectivity index (χ4n) is 7.84. The van der Waals surface area contributed by atoms with E-state index < -0.39 is 0 Å². The van der Waals surface area contributed by atoms with Crippen LogP contribution in [-0.4, -0.2) is 78.2 Å². The second kappa shape index (κ2) is 14.2. The molecule has 2 atom stereocenters. The second-order valence-electron chi connectivity index (χ2n) is 12.1. The monoisotopic (exact) mass is 472 g/mol. The number of hydrogen-bond donors (Lipinski definition) is 0. The minimum atomic E-state index is 0.635. The first-order valence-electron chi connectivity index (χ1n) is 15.3. The molecule has 2 heterocycles. The van der Waals surface area contributed by atoms with Gasteiger partial charge in [-0.05, 0) is 70.2 Å². The van der Waals surface area contributed by atoms with E-state index in [1.54, 1.807) is 0 Å². The maximum Gasteiger partial charge on any atom is 0.0844 e. The van der Waals surface area contributed by atoms with Crippen LogP contribution in [0.5, 0.6) is 0 Å². The Hall–Kier alpha value is -0.580. The lowest BCUT2D eigenvalue weighted by molar-refractivity contribution is 0.0843. The molecule has 4 aliphatic rings. The maximum atomic E-state index is 4.16. The molecule has 34 heavy (non-hydrogen) atoms. The standard InChI is InChI=1S/C30H56N4/c1-3-32-25-26-34(30(32)28-19-11-5-4-6-12-20-28)22-16-10-9-15-21-33-24-23-31(2)29(33)27-17-13-7-8-14-18-27/h3,27-30H,1,4-26H2,2H3. The zero-order valence-corrected chi connectivity index (χ0v) is 22.6. The van der Waals surface area contributed by atoms with Crippen LogP contribution < -0.4 is 0 Å². The molecule has 2 saturated heterocycles. The minimum absolute atomic E-state index is 0.635. The van der Waals surface area contributed by atoms with Crippen LogP contribution in [0.25, 0.3) is 0 Å². The van der Waals surface area contributed by atoms with Gasteiger partial charge in [-0.25, -0.2) is 0 Å². The highest BCUT2D eigenvalue weighted by Gasteiger charge is 2.36. The van der Waals surface area contributed by atoms with Gasteiger partial charge in [0.05, 0.1) is 12.3 Å². The molecule has 2 unspecified atom stereocenters.